The monoisotopic (exact) mass is 447 g/mol. The van der Waals surface area contributed by atoms with Gasteiger partial charge in [-0.1, -0.05) is 20.1 Å². The van der Waals surface area contributed by atoms with Gasteiger partial charge in [-0.15, -0.1) is 0 Å². The van der Waals surface area contributed by atoms with Crippen molar-refractivity contribution in [2.45, 2.75) is 32.4 Å². The summed E-state index contributed by atoms with van der Waals surface area (Å²) >= 11 is 0. The molecule has 2 N–H and O–H groups in total. The highest BCUT2D eigenvalue weighted by Gasteiger charge is 2.44. The second-order valence-electron chi connectivity index (χ2n) is 7.90. The molecule has 1 aliphatic carbocycles. The number of nitrogens with two attached hydrogens (primary N) is 1. The normalized spacial score (nSPS) is 25.9. The molecule has 4 rings (SSSR count). The second kappa shape index (κ2) is 8.56. The molecule has 0 aromatic rings. The van der Waals surface area contributed by atoms with Crippen LogP contribution in [0.1, 0.15) is 13.8 Å². The number of hydrogen-bond donors (Lipinski definition) is 1. The zero-order valence-electron chi connectivity index (χ0n) is 17.6. The summed E-state index contributed by atoms with van der Waals surface area (Å²) in [6.45, 7) is 4.15. The molecule has 3 heterocycles. The van der Waals surface area contributed by atoms with Gasteiger partial charge in [0.25, 0.3) is 12.3 Å². The lowest BCUT2D eigenvalue weighted by Gasteiger charge is -2.19. The first-order valence-electron chi connectivity index (χ1n) is 10.2. The summed E-state index contributed by atoms with van der Waals surface area (Å²) in [5, 5.41) is 11.3. The van der Waals surface area contributed by atoms with Crippen LogP contribution in [0.15, 0.2) is 57.5 Å². The third kappa shape index (κ3) is 3.90. The Hall–Kier alpha value is -3.50. The van der Waals surface area contributed by atoms with Gasteiger partial charge in [-0.25, -0.2) is 13.4 Å². The number of hydrogen-bond acceptors (Lipinski definition) is 7. The quantitative estimate of drug-likeness (QED) is 0.490. The summed E-state index contributed by atoms with van der Waals surface area (Å²) in [7, 11) is 0. The maximum absolute atomic E-state index is 13.5. The van der Waals surface area contributed by atoms with Gasteiger partial charge in [-0.3, -0.25) is 14.7 Å². The average Bonchev–Trinajstić information content (AvgIpc) is 3.32. The molecule has 0 bridgehead atoms. The summed E-state index contributed by atoms with van der Waals surface area (Å²) in [4.78, 5) is 21.8. The Labute approximate surface area is 183 Å². The van der Waals surface area contributed by atoms with Gasteiger partial charge in [0, 0.05) is 6.08 Å². The molecule has 0 aromatic heterocycles. The van der Waals surface area contributed by atoms with E-state index in [9.17, 15) is 18.7 Å². The minimum atomic E-state index is -2.71. The molecule has 0 saturated carbocycles. The Bertz CT molecular complexity index is 1040. The second-order valence-corrected chi connectivity index (χ2v) is 7.90. The van der Waals surface area contributed by atoms with Crippen LogP contribution in [-0.2, 0) is 14.3 Å². The highest BCUT2D eigenvalue weighted by molar-refractivity contribution is 6.29. The van der Waals surface area contributed by atoms with Crippen LogP contribution in [0.25, 0.3) is 0 Å². The molecule has 4 aliphatic rings. The number of primary amides is 1. The topological polar surface area (TPSA) is 116 Å². The Morgan fingerprint density at radius 3 is 2.84 bits per heavy atom. The van der Waals surface area contributed by atoms with Gasteiger partial charge < -0.3 is 20.3 Å². The molecule has 32 heavy (non-hydrogen) atoms. The zero-order chi connectivity index (χ0) is 23.0. The summed E-state index contributed by atoms with van der Waals surface area (Å²) < 4.78 is 39.7. The number of ether oxygens (including phenoxy) is 2. The van der Waals surface area contributed by atoms with E-state index in [2.05, 4.69) is 9.98 Å². The van der Waals surface area contributed by atoms with E-state index in [1.807, 2.05) is 13.8 Å². The number of carbonyl (C=O) groups is 1. The summed E-state index contributed by atoms with van der Waals surface area (Å²) in [6, 6.07) is -1.97. The van der Waals surface area contributed by atoms with Crippen molar-refractivity contribution in [3.63, 3.8) is 0 Å². The van der Waals surface area contributed by atoms with Crippen LogP contribution < -0.4 is 10.8 Å². The van der Waals surface area contributed by atoms with E-state index in [1.165, 1.54) is 0 Å². The Morgan fingerprint density at radius 2 is 2.19 bits per heavy atom. The van der Waals surface area contributed by atoms with Crippen LogP contribution in [-0.4, -0.2) is 71.4 Å². The van der Waals surface area contributed by atoms with Crippen LogP contribution >= 0.6 is 0 Å². The molecule has 9 nitrogen and oxygen atoms in total. The van der Waals surface area contributed by atoms with Gasteiger partial charge in [0.2, 0.25) is 5.91 Å². The highest BCUT2D eigenvalue weighted by atomic mass is 19.3. The largest absolute Gasteiger partial charge is 0.874 e. The number of rotatable bonds is 4. The Balaban J connectivity index is 1.71. The third-order valence-corrected chi connectivity index (χ3v) is 5.38. The van der Waals surface area contributed by atoms with Crippen molar-refractivity contribution in [3.8, 4) is 0 Å². The van der Waals surface area contributed by atoms with Crippen LogP contribution in [0.2, 0.25) is 0 Å². The van der Waals surface area contributed by atoms with Crippen LogP contribution in [0.4, 0.5) is 8.78 Å². The number of alkyl halides is 2. The number of aliphatic imine (C=N–C) groups is 2. The first-order valence-corrected chi connectivity index (χ1v) is 10.2. The molecule has 0 unspecified atom stereocenters. The van der Waals surface area contributed by atoms with Gasteiger partial charge in [0.1, 0.15) is 43.2 Å². The van der Waals surface area contributed by atoms with Crippen molar-refractivity contribution in [1.29, 1.82) is 0 Å². The molecule has 3 aliphatic heterocycles. The SMILES string of the molecule is CC(C)[C@H](N=C1C=CC2=C3N=C(N4C(=C[O-])OC[C@H]4C(F)F)C=[N+]3CCOC2=C1)C(N)=O. The molecule has 0 spiro atoms. The molecule has 1 amide bonds. The third-order valence-electron chi connectivity index (χ3n) is 5.38. The number of amides is 1. The lowest BCUT2D eigenvalue weighted by molar-refractivity contribution is -0.470. The molecule has 0 aromatic carbocycles. The molecule has 1 fully saturated rings. The van der Waals surface area contributed by atoms with Gasteiger partial charge in [0.05, 0.1) is 5.71 Å². The molecular formula is C21H23F2N5O4. The van der Waals surface area contributed by atoms with E-state index in [1.54, 1.807) is 29.0 Å². The zero-order valence-corrected chi connectivity index (χ0v) is 17.6. The summed E-state index contributed by atoms with van der Waals surface area (Å²) in [6.07, 6.45) is 4.45. The molecule has 2 atom stereocenters. The molecule has 170 valence electrons. The van der Waals surface area contributed by atoms with Crippen LogP contribution in [0.3, 0.4) is 0 Å². The fourth-order valence-corrected chi connectivity index (χ4v) is 3.79. The molecular weight excluding hydrogens is 424 g/mol. The number of nitrogens with zero attached hydrogens (tertiary/aromatic N) is 4. The predicted octanol–water partition coefficient (Wildman–Crippen LogP) is 0.253. The van der Waals surface area contributed by atoms with E-state index in [4.69, 9.17) is 15.2 Å². The van der Waals surface area contributed by atoms with Gasteiger partial charge in [-0.05, 0) is 23.1 Å². The summed E-state index contributed by atoms with van der Waals surface area (Å²) in [5.41, 5.74) is 6.62. The number of halogens is 2. The van der Waals surface area contributed by atoms with Gasteiger partial charge in [-0.2, -0.15) is 0 Å². The Morgan fingerprint density at radius 1 is 1.41 bits per heavy atom. The fourth-order valence-electron chi connectivity index (χ4n) is 3.79. The maximum atomic E-state index is 13.5. The fraction of sp³-hybridized carbons (Fsp3) is 0.429. The van der Waals surface area contributed by atoms with Crippen molar-refractivity contribution in [2.75, 3.05) is 19.8 Å². The van der Waals surface area contributed by atoms with Crippen LogP contribution in [0, 0.1) is 5.92 Å². The first-order chi connectivity index (χ1) is 15.3. The van der Waals surface area contributed by atoms with E-state index in [0.29, 0.717) is 42.3 Å². The minimum absolute atomic E-state index is 0.0672. The first kappa shape index (κ1) is 21.7. The minimum Gasteiger partial charge on any atom is -0.874 e. The smallest absolute Gasteiger partial charge is 0.337 e. The number of allylic oxidation sites excluding steroid dienone is 3. The lowest BCUT2D eigenvalue weighted by Crippen LogP contribution is -2.41. The highest BCUT2D eigenvalue weighted by Crippen LogP contribution is 2.31. The van der Waals surface area contributed by atoms with Crippen molar-refractivity contribution in [2.24, 2.45) is 21.6 Å². The molecule has 11 heteroatoms. The van der Waals surface area contributed by atoms with E-state index in [-0.39, 0.29) is 24.2 Å². The molecule has 0 radical (unpaired) electrons. The van der Waals surface area contributed by atoms with Crippen molar-refractivity contribution in [3.05, 3.63) is 47.5 Å². The summed E-state index contributed by atoms with van der Waals surface area (Å²) in [5.74, 6) is 0.416. The standard InChI is InChI=1S/C21H23F2N5O4/c1-11(2)18(20(24)30)25-12-3-4-13-15(7-12)31-6-5-27-8-16(26-21(13)27)28-14(19(22)23)10-32-17(28)9-29/h3-4,7-9,11,14,18-19H,5-6,10H2,1-2H3,(H2-,24,29,30)/t14-,18-/m0/s1. The van der Waals surface area contributed by atoms with E-state index < -0.39 is 24.4 Å². The van der Waals surface area contributed by atoms with E-state index >= 15 is 0 Å². The lowest BCUT2D eigenvalue weighted by atomic mass is 10.0. The maximum Gasteiger partial charge on any atom is 0.337 e. The van der Waals surface area contributed by atoms with Crippen molar-refractivity contribution >= 4 is 23.7 Å². The average molecular weight is 447 g/mol. The van der Waals surface area contributed by atoms with E-state index in [0.717, 1.165) is 4.90 Å². The number of amidine groups is 1. The predicted molar refractivity (Wildman–Crippen MR) is 110 cm³/mol. The Kier molecular flexibility index (Phi) is 5.81. The van der Waals surface area contributed by atoms with Crippen molar-refractivity contribution < 1.29 is 32.7 Å². The van der Waals surface area contributed by atoms with Gasteiger partial charge >= 0.3 is 5.82 Å². The number of fused-ring (bicyclic) bond motifs is 2. The number of carbonyl (C=O) groups excluding carboxylic acids is 1. The van der Waals surface area contributed by atoms with Crippen molar-refractivity contribution in [1.82, 2.24) is 4.90 Å². The van der Waals surface area contributed by atoms with Gasteiger partial charge in [0.15, 0.2) is 12.1 Å². The van der Waals surface area contributed by atoms with Crippen LogP contribution in [0.5, 0.6) is 0 Å². The molecule has 1 saturated heterocycles.